The standard InChI is InChI=1S/C8H16N2O3/c1-3-13-6(2)10-7(4-5-9)8(11)12/h7H,3-5,9H2,1-2H3,(H,11,12). The van der Waals surface area contributed by atoms with Gasteiger partial charge in [0.05, 0.1) is 6.61 Å². The zero-order valence-corrected chi connectivity index (χ0v) is 7.99. The summed E-state index contributed by atoms with van der Waals surface area (Å²) in [5.41, 5.74) is 5.24. The van der Waals surface area contributed by atoms with Crippen molar-refractivity contribution in [3.05, 3.63) is 0 Å². The van der Waals surface area contributed by atoms with Gasteiger partial charge < -0.3 is 15.6 Å². The summed E-state index contributed by atoms with van der Waals surface area (Å²) < 4.78 is 5.01. The van der Waals surface area contributed by atoms with Crippen molar-refractivity contribution < 1.29 is 14.6 Å². The first-order valence-corrected chi connectivity index (χ1v) is 4.21. The average molecular weight is 188 g/mol. The molecule has 0 spiro atoms. The third kappa shape index (κ3) is 5.19. The van der Waals surface area contributed by atoms with E-state index in [2.05, 4.69) is 4.99 Å². The molecule has 0 aromatic rings. The Bertz CT molecular complexity index is 192. The molecule has 0 bridgehead atoms. The fourth-order valence-electron chi connectivity index (χ4n) is 0.867. The number of aliphatic carboxylic acids is 1. The second-order valence-electron chi connectivity index (χ2n) is 2.51. The molecule has 0 aromatic heterocycles. The predicted molar refractivity (Wildman–Crippen MR) is 49.8 cm³/mol. The molecule has 0 rings (SSSR count). The lowest BCUT2D eigenvalue weighted by molar-refractivity contribution is -0.138. The van der Waals surface area contributed by atoms with E-state index in [0.717, 1.165) is 0 Å². The lowest BCUT2D eigenvalue weighted by Crippen LogP contribution is -2.23. The number of nitrogens with two attached hydrogens (primary N) is 1. The van der Waals surface area contributed by atoms with Gasteiger partial charge in [0, 0.05) is 6.92 Å². The van der Waals surface area contributed by atoms with Gasteiger partial charge in [-0.2, -0.15) is 0 Å². The molecule has 5 heteroatoms. The molecule has 5 nitrogen and oxygen atoms in total. The molecular formula is C8H16N2O3. The molecule has 0 saturated heterocycles. The van der Waals surface area contributed by atoms with Gasteiger partial charge in [-0.1, -0.05) is 0 Å². The van der Waals surface area contributed by atoms with Crippen LogP contribution in [0.5, 0.6) is 0 Å². The zero-order valence-electron chi connectivity index (χ0n) is 7.99. The molecule has 0 amide bonds. The molecular weight excluding hydrogens is 172 g/mol. The van der Waals surface area contributed by atoms with Crippen LogP contribution >= 0.6 is 0 Å². The SMILES string of the molecule is CCOC(C)=NC(CCN)C(=O)O. The Morgan fingerprint density at radius 1 is 1.69 bits per heavy atom. The summed E-state index contributed by atoms with van der Waals surface area (Å²) in [4.78, 5) is 14.5. The Morgan fingerprint density at radius 3 is 2.69 bits per heavy atom. The Labute approximate surface area is 77.6 Å². The largest absolute Gasteiger partial charge is 0.481 e. The lowest BCUT2D eigenvalue weighted by Gasteiger charge is -2.07. The first-order chi connectivity index (χ1) is 6.11. The second kappa shape index (κ2) is 6.42. The van der Waals surface area contributed by atoms with Crippen molar-refractivity contribution in [2.24, 2.45) is 10.7 Å². The summed E-state index contributed by atoms with van der Waals surface area (Å²) in [6.07, 6.45) is 0.333. The van der Waals surface area contributed by atoms with Crippen LogP contribution < -0.4 is 5.73 Å². The number of nitrogens with zero attached hydrogens (tertiary/aromatic N) is 1. The summed E-state index contributed by atoms with van der Waals surface area (Å²) in [5, 5.41) is 8.70. The molecule has 0 saturated carbocycles. The van der Waals surface area contributed by atoms with Crippen molar-refractivity contribution in [3.63, 3.8) is 0 Å². The number of carboxylic acid groups (broad SMARTS) is 1. The summed E-state index contributed by atoms with van der Waals surface area (Å²) in [7, 11) is 0. The van der Waals surface area contributed by atoms with Crippen LogP contribution in [0.1, 0.15) is 20.3 Å². The fourth-order valence-corrected chi connectivity index (χ4v) is 0.867. The van der Waals surface area contributed by atoms with Crippen LogP contribution in [0.25, 0.3) is 0 Å². The van der Waals surface area contributed by atoms with E-state index in [0.29, 0.717) is 25.5 Å². The maximum absolute atomic E-state index is 10.6. The molecule has 0 aliphatic rings. The number of hydrogen-bond acceptors (Lipinski definition) is 4. The van der Waals surface area contributed by atoms with E-state index in [4.69, 9.17) is 15.6 Å². The molecule has 1 atom stereocenters. The Balaban J connectivity index is 4.21. The number of carbonyl (C=O) groups is 1. The van der Waals surface area contributed by atoms with E-state index in [1.807, 2.05) is 6.92 Å². The van der Waals surface area contributed by atoms with E-state index in [1.165, 1.54) is 0 Å². The molecule has 0 radical (unpaired) electrons. The van der Waals surface area contributed by atoms with Crippen LogP contribution in [0.3, 0.4) is 0 Å². The van der Waals surface area contributed by atoms with Crippen molar-refractivity contribution >= 4 is 11.9 Å². The van der Waals surface area contributed by atoms with E-state index >= 15 is 0 Å². The van der Waals surface area contributed by atoms with Crippen molar-refractivity contribution in [3.8, 4) is 0 Å². The van der Waals surface area contributed by atoms with Crippen molar-refractivity contribution in [2.75, 3.05) is 13.2 Å². The van der Waals surface area contributed by atoms with E-state index < -0.39 is 12.0 Å². The summed E-state index contributed by atoms with van der Waals surface area (Å²) >= 11 is 0. The monoisotopic (exact) mass is 188 g/mol. The van der Waals surface area contributed by atoms with Gasteiger partial charge in [0.1, 0.15) is 0 Å². The highest BCUT2D eigenvalue weighted by atomic mass is 16.5. The summed E-state index contributed by atoms with van der Waals surface area (Å²) in [6, 6.07) is -0.781. The maximum Gasteiger partial charge on any atom is 0.328 e. The van der Waals surface area contributed by atoms with E-state index in [-0.39, 0.29) is 0 Å². The van der Waals surface area contributed by atoms with Crippen molar-refractivity contribution in [1.29, 1.82) is 0 Å². The van der Waals surface area contributed by atoms with Gasteiger partial charge in [-0.25, -0.2) is 9.79 Å². The quantitative estimate of drug-likeness (QED) is 0.478. The summed E-state index contributed by atoms with van der Waals surface area (Å²) in [6.45, 7) is 4.25. The number of aliphatic imine (C=N–C) groups is 1. The molecule has 76 valence electrons. The Kier molecular flexibility index (Phi) is 5.88. The van der Waals surface area contributed by atoms with Crippen LogP contribution in [-0.4, -0.2) is 36.2 Å². The molecule has 0 aliphatic heterocycles. The normalized spacial score (nSPS) is 13.9. The second-order valence-corrected chi connectivity index (χ2v) is 2.51. The predicted octanol–water partition coefficient (Wildman–Crippen LogP) is 0.243. The van der Waals surface area contributed by atoms with Gasteiger partial charge in [-0.3, -0.25) is 0 Å². The first kappa shape index (κ1) is 11.9. The fraction of sp³-hybridized carbons (Fsp3) is 0.750. The van der Waals surface area contributed by atoms with Gasteiger partial charge in [-0.15, -0.1) is 0 Å². The Hall–Kier alpha value is -1.10. The molecule has 0 aliphatic carbocycles. The maximum atomic E-state index is 10.6. The van der Waals surface area contributed by atoms with Crippen molar-refractivity contribution in [2.45, 2.75) is 26.3 Å². The molecule has 0 heterocycles. The minimum Gasteiger partial charge on any atom is -0.481 e. The topological polar surface area (TPSA) is 84.9 Å². The van der Waals surface area contributed by atoms with E-state index in [9.17, 15) is 4.79 Å². The third-order valence-electron chi connectivity index (χ3n) is 1.42. The third-order valence-corrected chi connectivity index (χ3v) is 1.42. The number of ether oxygens (including phenoxy) is 1. The molecule has 1 unspecified atom stereocenters. The molecule has 0 aromatic carbocycles. The minimum atomic E-state index is -0.968. The highest BCUT2D eigenvalue weighted by Gasteiger charge is 2.15. The van der Waals surface area contributed by atoms with Gasteiger partial charge in [0.25, 0.3) is 0 Å². The number of carboxylic acids is 1. The van der Waals surface area contributed by atoms with Crippen LogP contribution in [0, 0.1) is 0 Å². The molecule has 0 fully saturated rings. The van der Waals surface area contributed by atoms with Crippen LogP contribution in [0.4, 0.5) is 0 Å². The van der Waals surface area contributed by atoms with Gasteiger partial charge in [-0.05, 0) is 19.9 Å². The minimum absolute atomic E-state index is 0.305. The number of hydrogen-bond donors (Lipinski definition) is 2. The lowest BCUT2D eigenvalue weighted by atomic mass is 10.2. The Morgan fingerprint density at radius 2 is 2.31 bits per heavy atom. The van der Waals surface area contributed by atoms with Crippen LogP contribution in [0.2, 0.25) is 0 Å². The molecule has 3 N–H and O–H groups in total. The van der Waals surface area contributed by atoms with Crippen LogP contribution in [-0.2, 0) is 9.53 Å². The highest BCUT2D eigenvalue weighted by molar-refractivity contribution is 5.80. The zero-order chi connectivity index (χ0) is 10.3. The van der Waals surface area contributed by atoms with Gasteiger partial charge in [0.15, 0.2) is 11.9 Å². The van der Waals surface area contributed by atoms with Crippen molar-refractivity contribution in [1.82, 2.24) is 0 Å². The molecule has 13 heavy (non-hydrogen) atoms. The van der Waals surface area contributed by atoms with E-state index in [1.54, 1.807) is 6.92 Å². The summed E-state index contributed by atoms with van der Waals surface area (Å²) in [5.74, 6) is -0.576. The average Bonchev–Trinajstić information content (AvgIpc) is 2.04. The van der Waals surface area contributed by atoms with Gasteiger partial charge >= 0.3 is 5.97 Å². The highest BCUT2D eigenvalue weighted by Crippen LogP contribution is 1.98. The number of rotatable bonds is 5. The van der Waals surface area contributed by atoms with Crippen LogP contribution in [0.15, 0.2) is 4.99 Å². The smallest absolute Gasteiger partial charge is 0.328 e. The first-order valence-electron chi connectivity index (χ1n) is 4.21. The van der Waals surface area contributed by atoms with Gasteiger partial charge in [0.2, 0.25) is 0 Å².